The third kappa shape index (κ3) is 4.40. The predicted octanol–water partition coefficient (Wildman–Crippen LogP) is 5.40. The van der Waals surface area contributed by atoms with E-state index < -0.39 is 23.8 Å². The average molecular weight is 484 g/mol. The molecule has 1 aliphatic heterocycles. The molecule has 0 aliphatic carbocycles. The van der Waals surface area contributed by atoms with Crippen molar-refractivity contribution in [3.05, 3.63) is 86.7 Å². The van der Waals surface area contributed by atoms with E-state index in [0.29, 0.717) is 33.8 Å². The Labute approximate surface area is 203 Å². The highest BCUT2D eigenvalue weighted by Crippen LogP contribution is 2.39. The highest BCUT2D eigenvalue weighted by Gasteiger charge is 2.44. The van der Waals surface area contributed by atoms with Crippen LogP contribution in [0.2, 0.25) is 5.02 Å². The fourth-order valence-corrected chi connectivity index (χ4v) is 4.40. The van der Waals surface area contributed by atoms with Gasteiger partial charge in [-0.3, -0.25) is 14.4 Å². The Morgan fingerprint density at radius 3 is 2.56 bits per heavy atom. The second-order valence-electron chi connectivity index (χ2n) is 8.00. The van der Waals surface area contributed by atoms with Crippen LogP contribution in [0.1, 0.15) is 75.6 Å². The SMILES string of the molecule is CC.CC(=O)[C@H]1Cc2[nH]cnc2C(c2cccc(C)c2F)N1C(=O)c1cc(Cl)c(C)cc1C=O. The van der Waals surface area contributed by atoms with Crippen molar-refractivity contribution in [1.29, 1.82) is 0 Å². The molecule has 0 spiro atoms. The largest absolute Gasteiger partial charge is 0.348 e. The van der Waals surface area contributed by atoms with Gasteiger partial charge in [0.15, 0.2) is 12.1 Å². The lowest BCUT2D eigenvalue weighted by molar-refractivity contribution is -0.122. The van der Waals surface area contributed by atoms with Gasteiger partial charge in [-0.1, -0.05) is 43.6 Å². The molecule has 3 aromatic rings. The third-order valence-corrected chi connectivity index (χ3v) is 6.34. The number of aromatic amines is 1. The number of benzene rings is 2. The molecule has 0 radical (unpaired) electrons. The van der Waals surface area contributed by atoms with E-state index in [-0.39, 0.29) is 28.9 Å². The highest BCUT2D eigenvalue weighted by atomic mass is 35.5. The number of hydrogen-bond donors (Lipinski definition) is 1. The van der Waals surface area contributed by atoms with E-state index in [1.807, 2.05) is 13.8 Å². The first-order chi connectivity index (χ1) is 16.2. The number of hydrogen-bond acceptors (Lipinski definition) is 4. The van der Waals surface area contributed by atoms with Crippen LogP contribution < -0.4 is 0 Å². The lowest BCUT2D eigenvalue weighted by Crippen LogP contribution is -2.51. The lowest BCUT2D eigenvalue weighted by atomic mass is 9.87. The summed E-state index contributed by atoms with van der Waals surface area (Å²) in [6.07, 6.45) is 2.25. The number of nitrogens with zero attached hydrogens (tertiary/aromatic N) is 2. The lowest BCUT2D eigenvalue weighted by Gasteiger charge is -2.41. The van der Waals surface area contributed by atoms with E-state index >= 15 is 4.39 Å². The maximum atomic E-state index is 15.3. The number of imidazole rings is 1. The summed E-state index contributed by atoms with van der Waals surface area (Å²) in [5.41, 5.74) is 2.61. The summed E-state index contributed by atoms with van der Waals surface area (Å²) < 4.78 is 15.3. The van der Waals surface area contributed by atoms with E-state index in [2.05, 4.69) is 9.97 Å². The van der Waals surface area contributed by atoms with Crippen molar-refractivity contribution in [3.63, 3.8) is 0 Å². The average Bonchev–Trinajstić information content (AvgIpc) is 3.30. The summed E-state index contributed by atoms with van der Waals surface area (Å²) in [7, 11) is 0. The number of amides is 1. The first kappa shape index (κ1) is 25.3. The Bertz CT molecular complexity index is 1250. The Morgan fingerprint density at radius 1 is 1.21 bits per heavy atom. The Balaban J connectivity index is 0.00000158. The zero-order valence-corrected chi connectivity index (χ0v) is 20.5. The van der Waals surface area contributed by atoms with Gasteiger partial charge in [-0.05, 0) is 44.0 Å². The topological polar surface area (TPSA) is 83.1 Å². The number of aryl methyl sites for hydroxylation is 2. The third-order valence-electron chi connectivity index (χ3n) is 5.93. The minimum absolute atomic E-state index is 0.0545. The van der Waals surface area contributed by atoms with Crippen LogP contribution in [0.5, 0.6) is 0 Å². The second kappa shape index (κ2) is 10.3. The summed E-state index contributed by atoms with van der Waals surface area (Å²) in [5, 5.41) is 0.314. The summed E-state index contributed by atoms with van der Waals surface area (Å²) in [5.74, 6) is -1.33. The number of carbonyl (C=O) groups excluding carboxylic acids is 3. The summed E-state index contributed by atoms with van der Waals surface area (Å²) in [6.45, 7) is 8.74. The van der Waals surface area contributed by atoms with Gasteiger partial charge in [-0.25, -0.2) is 9.37 Å². The molecule has 1 amide bonds. The summed E-state index contributed by atoms with van der Waals surface area (Å²) in [4.78, 5) is 47.0. The molecule has 4 rings (SSSR count). The van der Waals surface area contributed by atoms with Crippen LogP contribution in [0.4, 0.5) is 4.39 Å². The van der Waals surface area contributed by atoms with Crippen molar-refractivity contribution in [1.82, 2.24) is 14.9 Å². The van der Waals surface area contributed by atoms with Crippen LogP contribution >= 0.6 is 11.6 Å². The van der Waals surface area contributed by atoms with Crippen LogP contribution in [0.25, 0.3) is 0 Å². The zero-order chi connectivity index (χ0) is 25.2. The van der Waals surface area contributed by atoms with E-state index in [4.69, 9.17) is 11.6 Å². The minimum atomic E-state index is -0.953. The quantitative estimate of drug-likeness (QED) is 0.503. The molecule has 1 N–H and O–H groups in total. The van der Waals surface area contributed by atoms with Gasteiger partial charge < -0.3 is 9.88 Å². The van der Waals surface area contributed by atoms with Crippen molar-refractivity contribution < 1.29 is 18.8 Å². The molecule has 0 bridgehead atoms. The number of nitrogens with one attached hydrogen (secondary N) is 1. The number of halogens is 2. The molecule has 2 atom stereocenters. The molecule has 178 valence electrons. The van der Waals surface area contributed by atoms with Crippen molar-refractivity contribution >= 4 is 29.6 Å². The summed E-state index contributed by atoms with van der Waals surface area (Å²) in [6, 6.07) is 6.02. The Kier molecular flexibility index (Phi) is 7.67. The van der Waals surface area contributed by atoms with Crippen molar-refractivity contribution in [2.24, 2.45) is 0 Å². The molecule has 0 fully saturated rings. The number of ketones is 1. The summed E-state index contributed by atoms with van der Waals surface area (Å²) >= 11 is 6.26. The molecule has 8 heteroatoms. The van der Waals surface area contributed by atoms with E-state index in [0.717, 1.165) is 0 Å². The fourth-order valence-electron chi connectivity index (χ4n) is 4.24. The number of H-pyrrole nitrogens is 1. The monoisotopic (exact) mass is 483 g/mol. The number of fused-ring (bicyclic) bond motifs is 1. The molecule has 0 saturated heterocycles. The first-order valence-corrected chi connectivity index (χ1v) is 11.5. The fraction of sp³-hybridized carbons (Fsp3) is 0.308. The molecule has 34 heavy (non-hydrogen) atoms. The molecule has 2 heterocycles. The molecule has 2 aromatic carbocycles. The molecule has 1 aromatic heterocycles. The van der Waals surface area contributed by atoms with E-state index in [1.165, 1.54) is 30.3 Å². The van der Waals surface area contributed by atoms with Crippen LogP contribution in [0.3, 0.4) is 0 Å². The van der Waals surface area contributed by atoms with Gasteiger partial charge in [0.1, 0.15) is 11.9 Å². The Hall–Kier alpha value is -3.32. The van der Waals surface area contributed by atoms with Gasteiger partial charge in [-0.2, -0.15) is 0 Å². The van der Waals surface area contributed by atoms with Gasteiger partial charge in [-0.15, -0.1) is 0 Å². The van der Waals surface area contributed by atoms with Crippen LogP contribution in [-0.4, -0.2) is 38.9 Å². The number of carbonyl (C=O) groups is 3. The standard InChI is InChI=1S/C24H21ClFN3O3.C2H6/c1-12-5-4-6-16(21(12)26)23-22-19(27-11-28-22)9-20(14(3)31)29(23)24(32)17-8-18(25)13(2)7-15(17)10-30;1-2/h4-8,10-11,20,23H,9H2,1-3H3,(H,27,28);1-2H3/t20-,23?;/m1./s1. The molecular formula is C26H27ClFN3O3. The van der Waals surface area contributed by atoms with Crippen molar-refractivity contribution in [3.8, 4) is 0 Å². The normalized spacial score (nSPS) is 16.9. The first-order valence-electron chi connectivity index (χ1n) is 11.1. The predicted molar refractivity (Wildman–Crippen MR) is 129 cm³/mol. The van der Waals surface area contributed by atoms with Crippen LogP contribution in [0, 0.1) is 19.7 Å². The van der Waals surface area contributed by atoms with Gasteiger partial charge in [0, 0.05) is 28.3 Å². The van der Waals surface area contributed by atoms with Gasteiger partial charge in [0.25, 0.3) is 5.91 Å². The van der Waals surface area contributed by atoms with Crippen LogP contribution in [0.15, 0.2) is 36.7 Å². The Morgan fingerprint density at radius 2 is 1.91 bits per heavy atom. The molecule has 1 aliphatic rings. The highest BCUT2D eigenvalue weighted by molar-refractivity contribution is 6.32. The maximum absolute atomic E-state index is 15.3. The molecule has 6 nitrogen and oxygen atoms in total. The number of Topliss-reactive ketones (excluding diaryl/α,β-unsaturated/α-hetero) is 1. The smallest absolute Gasteiger partial charge is 0.256 e. The van der Waals surface area contributed by atoms with Gasteiger partial charge in [0.05, 0.1) is 23.6 Å². The second-order valence-corrected chi connectivity index (χ2v) is 8.40. The van der Waals surface area contributed by atoms with Gasteiger partial charge in [0.2, 0.25) is 0 Å². The zero-order valence-electron chi connectivity index (χ0n) is 19.8. The van der Waals surface area contributed by atoms with Crippen LogP contribution in [-0.2, 0) is 11.2 Å². The van der Waals surface area contributed by atoms with E-state index in [1.54, 1.807) is 32.0 Å². The van der Waals surface area contributed by atoms with Crippen molar-refractivity contribution in [2.45, 2.75) is 53.1 Å². The molecule has 1 unspecified atom stereocenters. The number of aromatic nitrogens is 2. The van der Waals surface area contributed by atoms with E-state index in [9.17, 15) is 14.4 Å². The molecule has 0 saturated carbocycles. The molecular weight excluding hydrogens is 457 g/mol. The van der Waals surface area contributed by atoms with Gasteiger partial charge >= 0.3 is 0 Å². The number of aldehydes is 1. The van der Waals surface area contributed by atoms with Crippen molar-refractivity contribution in [2.75, 3.05) is 0 Å². The minimum Gasteiger partial charge on any atom is -0.348 e. The maximum Gasteiger partial charge on any atom is 0.256 e. The number of rotatable bonds is 4.